The summed E-state index contributed by atoms with van der Waals surface area (Å²) in [5.41, 5.74) is -1.03. The van der Waals surface area contributed by atoms with Crippen molar-refractivity contribution in [3.63, 3.8) is 0 Å². The second-order valence-corrected chi connectivity index (χ2v) is 6.94. The van der Waals surface area contributed by atoms with Gasteiger partial charge in [0.15, 0.2) is 0 Å². The van der Waals surface area contributed by atoms with Crippen LogP contribution >= 0.6 is 0 Å². The highest BCUT2D eigenvalue weighted by molar-refractivity contribution is 5.94. The van der Waals surface area contributed by atoms with E-state index in [9.17, 15) is 24.1 Å². The van der Waals surface area contributed by atoms with Crippen LogP contribution in [-0.4, -0.2) is 39.9 Å². The van der Waals surface area contributed by atoms with Gasteiger partial charge in [0, 0.05) is 12.1 Å². The van der Waals surface area contributed by atoms with Gasteiger partial charge in [-0.1, -0.05) is 0 Å². The number of amides is 1. The molecule has 1 amide bonds. The minimum absolute atomic E-state index is 0.0886. The SMILES string of the molecule is CC(C)N(CC(=O)OC(C)(C)C)C(=O)C=Cc1ccc(F)cc1[N+](=O)[O-]. The van der Waals surface area contributed by atoms with Crippen molar-refractivity contribution < 1.29 is 23.6 Å². The molecule has 7 nitrogen and oxygen atoms in total. The van der Waals surface area contributed by atoms with Crippen molar-refractivity contribution in [1.82, 2.24) is 4.90 Å². The Morgan fingerprint density at radius 3 is 2.46 bits per heavy atom. The zero-order chi connectivity index (χ0) is 20.1. The lowest BCUT2D eigenvalue weighted by Gasteiger charge is -2.27. The summed E-state index contributed by atoms with van der Waals surface area (Å²) < 4.78 is 18.4. The van der Waals surface area contributed by atoms with Crippen molar-refractivity contribution in [3.05, 3.63) is 45.8 Å². The number of nitrogens with zero attached hydrogens (tertiary/aromatic N) is 2. The van der Waals surface area contributed by atoms with Crippen LogP contribution < -0.4 is 0 Å². The third-order valence-electron chi connectivity index (χ3n) is 3.22. The predicted molar refractivity (Wildman–Crippen MR) is 94.8 cm³/mol. The van der Waals surface area contributed by atoms with Gasteiger partial charge >= 0.3 is 5.97 Å². The van der Waals surface area contributed by atoms with E-state index in [2.05, 4.69) is 0 Å². The van der Waals surface area contributed by atoms with Gasteiger partial charge in [-0.25, -0.2) is 4.39 Å². The lowest BCUT2D eigenvalue weighted by Crippen LogP contribution is -2.41. The van der Waals surface area contributed by atoms with Crippen LogP contribution in [0.25, 0.3) is 6.08 Å². The zero-order valence-corrected chi connectivity index (χ0v) is 15.5. The smallest absolute Gasteiger partial charge is 0.326 e. The van der Waals surface area contributed by atoms with Crippen LogP contribution in [0.1, 0.15) is 40.2 Å². The summed E-state index contributed by atoms with van der Waals surface area (Å²) in [5.74, 6) is -1.81. The minimum atomic E-state index is -0.742. The van der Waals surface area contributed by atoms with Gasteiger partial charge in [-0.3, -0.25) is 19.7 Å². The summed E-state index contributed by atoms with van der Waals surface area (Å²) in [6.07, 6.45) is 2.34. The molecular formula is C18H23FN2O5. The van der Waals surface area contributed by atoms with E-state index in [0.717, 1.165) is 18.2 Å². The molecule has 1 aromatic rings. The molecule has 0 radical (unpaired) electrons. The molecule has 0 bridgehead atoms. The van der Waals surface area contributed by atoms with Gasteiger partial charge in [-0.05, 0) is 52.8 Å². The zero-order valence-electron chi connectivity index (χ0n) is 15.5. The summed E-state index contributed by atoms with van der Waals surface area (Å²) in [4.78, 5) is 35.9. The molecule has 1 aromatic carbocycles. The fourth-order valence-corrected chi connectivity index (χ4v) is 2.10. The number of esters is 1. The number of carbonyl (C=O) groups is 2. The minimum Gasteiger partial charge on any atom is -0.459 e. The number of rotatable bonds is 6. The van der Waals surface area contributed by atoms with E-state index in [1.807, 2.05) is 0 Å². The van der Waals surface area contributed by atoms with E-state index in [4.69, 9.17) is 4.74 Å². The van der Waals surface area contributed by atoms with E-state index in [1.165, 1.54) is 17.0 Å². The Balaban J connectivity index is 2.96. The Kier molecular flexibility index (Phi) is 7.00. The first-order chi connectivity index (χ1) is 11.9. The molecule has 142 valence electrons. The summed E-state index contributed by atoms with van der Waals surface area (Å²) in [7, 11) is 0. The molecule has 0 aromatic heterocycles. The highest BCUT2D eigenvalue weighted by atomic mass is 19.1. The molecule has 26 heavy (non-hydrogen) atoms. The van der Waals surface area contributed by atoms with Gasteiger partial charge in [0.2, 0.25) is 5.91 Å². The molecule has 0 aliphatic carbocycles. The lowest BCUT2D eigenvalue weighted by atomic mass is 10.1. The van der Waals surface area contributed by atoms with Crippen molar-refractivity contribution >= 4 is 23.6 Å². The average molecular weight is 366 g/mol. The Bertz CT molecular complexity index is 723. The van der Waals surface area contributed by atoms with Crippen molar-refractivity contribution in [2.75, 3.05) is 6.54 Å². The monoisotopic (exact) mass is 366 g/mol. The summed E-state index contributed by atoms with van der Waals surface area (Å²) in [5, 5.41) is 11.0. The van der Waals surface area contributed by atoms with Crippen molar-refractivity contribution in [1.29, 1.82) is 0 Å². The molecule has 0 aliphatic heterocycles. The number of hydrogen-bond acceptors (Lipinski definition) is 5. The van der Waals surface area contributed by atoms with Crippen LogP contribution in [0.2, 0.25) is 0 Å². The first kappa shape index (κ1) is 21.3. The topological polar surface area (TPSA) is 89.8 Å². The van der Waals surface area contributed by atoms with Gasteiger partial charge in [0.1, 0.15) is 18.0 Å². The first-order valence-corrected chi connectivity index (χ1v) is 8.05. The van der Waals surface area contributed by atoms with Crippen molar-refractivity contribution in [2.45, 2.75) is 46.3 Å². The van der Waals surface area contributed by atoms with Gasteiger partial charge < -0.3 is 9.64 Å². The summed E-state index contributed by atoms with van der Waals surface area (Å²) >= 11 is 0. The van der Waals surface area contributed by atoms with Crippen molar-refractivity contribution in [3.8, 4) is 0 Å². The van der Waals surface area contributed by atoms with Gasteiger partial charge in [-0.15, -0.1) is 0 Å². The summed E-state index contributed by atoms with van der Waals surface area (Å²) in [6.45, 7) is 8.39. The highest BCUT2D eigenvalue weighted by Crippen LogP contribution is 2.21. The average Bonchev–Trinajstić information content (AvgIpc) is 2.48. The Morgan fingerprint density at radius 1 is 1.35 bits per heavy atom. The second kappa shape index (κ2) is 8.55. The molecule has 0 heterocycles. The van der Waals surface area contributed by atoms with E-state index in [0.29, 0.717) is 0 Å². The molecule has 0 fully saturated rings. The maximum absolute atomic E-state index is 13.2. The third-order valence-corrected chi connectivity index (χ3v) is 3.22. The van der Waals surface area contributed by atoms with E-state index < -0.39 is 33.9 Å². The van der Waals surface area contributed by atoms with Gasteiger partial charge in [0.25, 0.3) is 5.69 Å². The van der Waals surface area contributed by atoms with Crippen LogP contribution in [-0.2, 0) is 14.3 Å². The third kappa shape index (κ3) is 6.62. The maximum Gasteiger partial charge on any atom is 0.326 e. The number of halogens is 1. The number of nitro benzene ring substituents is 1. The molecule has 0 unspecified atom stereocenters. The van der Waals surface area contributed by atoms with Crippen LogP contribution in [0.4, 0.5) is 10.1 Å². The molecular weight excluding hydrogens is 343 g/mol. The number of benzene rings is 1. The largest absolute Gasteiger partial charge is 0.459 e. The van der Waals surface area contributed by atoms with Crippen LogP contribution in [0.5, 0.6) is 0 Å². The van der Waals surface area contributed by atoms with E-state index in [-0.39, 0.29) is 18.2 Å². The normalized spacial score (nSPS) is 11.7. The molecule has 0 spiro atoms. The second-order valence-electron chi connectivity index (χ2n) is 6.94. The Labute approximate surface area is 151 Å². The van der Waals surface area contributed by atoms with E-state index in [1.54, 1.807) is 34.6 Å². The van der Waals surface area contributed by atoms with Crippen LogP contribution in [0.3, 0.4) is 0 Å². The molecule has 0 saturated heterocycles. The molecule has 8 heteroatoms. The standard InChI is InChI=1S/C18H23FN2O5/c1-12(2)20(11-17(23)26-18(3,4)5)16(22)9-7-13-6-8-14(19)10-15(13)21(24)25/h6-10,12H,11H2,1-5H3. The van der Waals surface area contributed by atoms with E-state index >= 15 is 0 Å². The van der Waals surface area contributed by atoms with Gasteiger partial charge in [-0.2, -0.15) is 0 Å². The fourth-order valence-electron chi connectivity index (χ4n) is 2.10. The predicted octanol–water partition coefficient (Wildman–Crippen LogP) is 3.33. The summed E-state index contributed by atoms with van der Waals surface area (Å²) in [6, 6.07) is 2.77. The number of nitro groups is 1. The molecule has 0 aliphatic rings. The Morgan fingerprint density at radius 2 is 1.96 bits per heavy atom. The van der Waals surface area contributed by atoms with Gasteiger partial charge in [0.05, 0.1) is 16.6 Å². The lowest BCUT2D eigenvalue weighted by molar-refractivity contribution is -0.385. The molecule has 0 saturated carbocycles. The van der Waals surface area contributed by atoms with Crippen LogP contribution in [0, 0.1) is 15.9 Å². The Hall–Kier alpha value is -2.77. The number of carbonyl (C=O) groups excluding carboxylic acids is 2. The highest BCUT2D eigenvalue weighted by Gasteiger charge is 2.23. The quantitative estimate of drug-likeness (QED) is 0.333. The van der Waals surface area contributed by atoms with Crippen LogP contribution in [0.15, 0.2) is 24.3 Å². The van der Waals surface area contributed by atoms with Crippen molar-refractivity contribution in [2.24, 2.45) is 0 Å². The molecule has 1 rings (SSSR count). The molecule has 0 atom stereocenters. The number of ether oxygens (including phenoxy) is 1. The molecule has 0 N–H and O–H groups in total. The number of hydrogen-bond donors (Lipinski definition) is 0. The first-order valence-electron chi connectivity index (χ1n) is 8.05. The maximum atomic E-state index is 13.2. The fraction of sp³-hybridized carbons (Fsp3) is 0.444.